The van der Waals surface area contributed by atoms with Crippen molar-refractivity contribution in [3.8, 4) is 0 Å². The first kappa shape index (κ1) is 26.5. The van der Waals surface area contributed by atoms with Crippen molar-refractivity contribution in [1.29, 1.82) is 0 Å². The Morgan fingerprint density at radius 2 is 1.89 bits per heavy atom. The number of nitrogens with zero attached hydrogens (tertiary/aromatic N) is 4. The highest BCUT2D eigenvalue weighted by atomic mass is 16.6. The maximum absolute atomic E-state index is 13.1. The van der Waals surface area contributed by atoms with Crippen molar-refractivity contribution in [3.05, 3.63) is 75.8 Å². The van der Waals surface area contributed by atoms with Crippen LogP contribution >= 0.6 is 0 Å². The summed E-state index contributed by atoms with van der Waals surface area (Å²) in [5, 5.41) is 21.2. The van der Waals surface area contributed by atoms with Crippen LogP contribution in [0.1, 0.15) is 49.8 Å². The second-order valence-corrected chi connectivity index (χ2v) is 8.83. The molecular weight excluding hydrogens is 464 g/mol. The number of carbonyl (C=O) groups excluding carboxylic acids is 2. The molecule has 2 aromatic carbocycles. The van der Waals surface area contributed by atoms with E-state index in [0.29, 0.717) is 24.9 Å². The quantitative estimate of drug-likeness (QED) is 0.387. The van der Waals surface area contributed by atoms with Gasteiger partial charge in [-0.05, 0) is 30.9 Å². The topological polar surface area (TPSA) is 133 Å². The lowest BCUT2D eigenvalue weighted by atomic mass is 9.86. The lowest BCUT2D eigenvalue weighted by Crippen LogP contribution is -2.47. The van der Waals surface area contributed by atoms with Gasteiger partial charge in [-0.3, -0.25) is 19.7 Å². The third-order valence-corrected chi connectivity index (χ3v) is 6.48. The molecule has 2 aromatic rings. The Morgan fingerprint density at radius 3 is 2.50 bits per heavy atom. The van der Waals surface area contributed by atoms with E-state index in [0.717, 1.165) is 5.56 Å². The van der Waals surface area contributed by atoms with E-state index < -0.39 is 28.9 Å². The zero-order valence-electron chi connectivity index (χ0n) is 20.5. The number of benzene rings is 2. The lowest BCUT2D eigenvalue weighted by Gasteiger charge is -2.38. The number of rotatable bonds is 10. The number of hydrogen-bond acceptors (Lipinski definition) is 5. The second kappa shape index (κ2) is 11.6. The summed E-state index contributed by atoms with van der Waals surface area (Å²) in [5.41, 5.74) is 1.23. The number of non-ortho nitro benzene ring substituents is 1. The van der Waals surface area contributed by atoms with Gasteiger partial charge in [0.25, 0.3) is 5.69 Å². The summed E-state index contributed by atoms with van der Waals surface area (Å²) in [6.45, 7) is 3.89. The Kier molecular flexibility index (Phi) is 8.52. The number of aliphatic carboxylic acids is 1. The van der Waals surface area contributed by atoms with Crippen LogP contribution in [-0.2, 0) is 9.59 Å². The van der Waals surface area contributed by atoms with Crippen molar-refractivity contribution in [2.75, 3.05) is 20.1 Å². The van der Waals surface area contributed by atoms with Gasteiger partial charge in [0.05, 0.1) is 16.9 Å². The van der Waals surface area contributed by atoms with Crippen LogP contribution in [0.15, 0.2) is 59.6 Å². The van der Waals surface area contributed by atoms with E-state index in [2.05, 4.69) is 4.99 Å². The Labute approximate surface area is 209 Å². The van der Waals surface area contributed by atoms with Crippen molar-refractivity contribution in [3.63, 3.8) is 0 Å². The average molecular weight is 495 g/mol. The molecule has 10 heteroatoms. The standard InChI is InChI=1S/C26H30N4O6/c1-4-21(18-10-6-5-7-11-18)24(31)28(3)14-9-15-29-23(19-12-8-13-20(16-19)30(35)36)22(25(32)33)17(2)27-26(29)34/h5-8,10-13,16,21-23H,4,9,14-15H2,1-3H3,(H,32,33). The van der Waals surface area contributed by atoms with Crippen LogP contribution in [0, 0.1) is 16.0 Å². The lowest BCUT2D eigenvalue weighted by molar-refractivity contribution is -0.385. The summed E-state index contributed by atoms with van der Waals surface area (Å²) in [5.74, 6) is -2.65. The predicted molar refractivity (Wildman–Crippen MR) is 134 cm³/mol. The molecule has 3 amide bonds. The largest absolute Gasteiger partial charge is 0.481 e. The molecule has 3 rings (SSSR count). The minimum Gasteiger partial charge on any atom is -0.481 e. The molecule has 0 spiro atoms. The third-order valence-electron chi connectivity index (χ3n) is 6.48. The zero-order chi connectivity index (χ0) is 26.4. The number of likely N-dealkylation sites (N-methyl/N-ethyl adjacent to an activating group) is 1. The Morgan fingerprint density at radius 1 is 1.19 bits per heavy atom. The molecule has 10 nitrogen and oxygen atoms in total. The fourth-order valence-corrected chi connectivity index (χ4v) is 4.65. The molecule has 190 valence electrons. The molecule has 0 aliphatic carbocycles. The maximum Gasteiger partial charge on any atom is 0.344 e. The predicted octanol–water partition coefficient (Wildman–Crippen LogP) is 4.28. The van der Waals surface area contributed by atoms with Crippen LogP contribution in [0.5, 0.6) is 0 Å². The number of carbonyl (C=O) groups is 3. The zero-order valence-corrected chi connectivity index (χ0v) is 20.5. The minimum absolute atomic E-state index is 0.0406. The first-order valence-electron chi connectivity index (χ1n) is 11.8. The molecular formula is C26H30N4O6. The molecule has 0 saturated carbocycles. The van der Waals surface area contributed by atoms with E-state index >= 15 is 0 Å². The molecule has 0 fully saturated rings. The second-order valence-electron chi connectivity index (χ2n) is 8.83. The monoisotopic (exact) mass is 494 g/mol. The van der Waals surface area contributed by atoms with E-state index in [-0.39, 0.29) is 29.8 Å². The van der Waals surface area contributed by atoms with E-state index in [9.17, 15) is 29.6 Å². The molecule has 0 radical (unpaired) electrons. The van der Waals surface area contributed by atoms with Gasteiger partial charge in [0.2, 0.25) is 5.91 Å². The molecule has 36 heavy (non-hydrogen) atoms. The first-order chi connectivity index (χ1) is 17.1. The fraction of sp³-hybridized carbons (Fsp3) is 0.385. The van der Waals surface area contributed by atoms with Crippen molar-refractivity contribution in [1.82, 2.24) is 9.80 Å². The molecule has 1 aliphatic rings. The van der Waals surface area contributed by atoms with Gasteiger partial charge < -0.3 is 14.9 Å². The highest BCUT2D eigenvalue weighted by molar-refractivity contribution is 6.07. The normalized spacial score (nSPS) is 18.4. The first-order valence-corrected chi connectivity index (χ1v) is 11.8. The summed E-state index contributed by atoms with van der Waals surface area (Å²) in [6.07, 6.45) is 1.02. The Bertz CT molecular complexity index is 1170. The number of urea groups is 1. The highest BCUT2D eigenvalue weighted by Crippen LogP contribution is 2.36. The highest BCUT2D eigenvalue weighted by Gasteiger charge is 2.42. The maximum atomic E-state index is 13.1. The van der Waals surface area contributed by atoms with Gasteiger partial charge >= 0.3 is 12.0 Å². The molecule has 1 aliphatic heterocycles. The number of hydrogen-bond donors (Lipinski definition) is 1. The van der Waals surface area contributed by atoms with E-state index in [4.69, 9.17) is 0 Å². The van der Waals surface area contributed by atoms with Gasteiger partial charge in [-0.15, -0.1) is 0 Å². The summed E-state index contributed by atoms with van der Waals surface area (Å²) in [6, 6.07) is 13.6. The number of aliphatic imine (C=N–C) groups is 1. The van der Waals surface area contributed by atoms with E-state index in [1.807, 2.05) is 37.3 Å². The molecule has 1 N–H and O–H groups in total. The van der Waals surface area contributed by atoms with Crippen molar-refractivity contribution >= 4 is 29.3 Å². The number of carboxylic acid groups (broad SMARTS) is 1. The number of amides is 3. The SMILES string of the molecule is CCC(C(=O)N(C)CCCN1C(=O)N=C(C)C(C(=O)O)C1c1cccc([N+](=O)[O-])c1)c1ccccc1. The molecule has 0 saturated heterocycles. The van der Waals surface area contributed by atoms with Crippen LogP contribution in [0.2, 0.25) is 0 Å². The van der Waals surface area contributed by atoms with Crippen LogP contribution in [0.3, 0.4) is 0 Å². The molecule has 3 unspecified atom stereocenters. The molecule has 0 aromatic heterocycles. The molecule has 1 heterocycles. The summed E-state index contributed by atoms with van der Waals surface area (Å²) in [4.78, 5) is 55.7. The Hall–Kier alpha value is -4.08. The summed E-state index contributed by atoms with van der Waals surface area (Å²) in [7, 11) is 1.70. The van der Waals surface area contributed by atoms with Crippen LogP contribution in [0.25, 0.3) is 0 Å². The van der Waals surface area contributed by atoms with Gasteiger partial charge in [-0.2, -0.15) is 0 Å². The summed E-state index contributed by atoms with van der Waals surface area (Å²) >= 11 is 0. The Balaban J connectivity index is 1.79. The van der Waals surface area contributed by atoms with Gasteiger partial charge in [0.1, 0.15) is 5.92 Å². The molecule has 3 atom stereocenters. The van der Waals surface area contributed by atoms with E-state index in [1.165, 1.54) is 30.0 Å². The van der Waals surface area contributed by atoms with Crippen molar-refractivity contribution in [2.45, 2.75) is 38.6 Å². The number of carboxylic acids is 1. The van der Waals surface area contributed by atoms with Gasteiger partial charge in [-0.25, -0.2) is 9.79 Å². The van der Waals surface area contributed by atoms with Crippen molar-refractivity contribution < 1.29 is 24.4 Å². The third kappa shape index (κ3) is 5.76. The average Bonchev–Trinajstić information content (AvgIpc) is 2.85. The summed E-state index contributed by atoms with van der Waals surface area (Å²) < 4.78 is 0. The van der Waals surface area contributed by atoms with Crippen LogP contribution < -0.4 is 0 Å². The number of nitro groups is 1. The fourth-order valence-electron chi connectivity index (χ4n) is 4.65. The van der Waals surface area contributed by atoms with Crippen LogP contribution in [0.4, 0.5) is 10.5 Å². The van der Waals surface area contributed by atoms with E-state index in [1.54, 1.807) is 18.0 Å². The van der Waals surface area contributed by atoms with Crippen LogP contribution in [-0.4, -0.2) is 63.6 Å². The van der Waals surface area contributed by atoms with Gasteiger partial charge in [0, 0.05) is 38.0 Å². The van der Waals surface area contributed by atoms with Gasteiger partial charge in [0.15, 0.2) is 0 Å². The smallest absolute Gasteiger partial charge is 0.344 e. The minimum atomic E-state index is -1.17. The number of nitro benzene ring substituents is 1. The molecule has 0 bridgehead atoms. The van der Waals surface area contributed by atoms with Gasteiger partial charge in [-0.1, -0.05) is 49.4 Å². The van der Waals surface area contributed by atoms with Crippen molar-refractivity contribution in [2.24, 2.45) is 10.9 Å².